The largest absolute Gasteiger partial charge is 0.748 e. The smallest absolute Gasteiger partial charge is 0.298 e. The first-order chi connectivity index (χ1) is 7.33. The molecule has 0 aliphatic rings. The molecule has 0 saturated heterocycles. The summed E-state index contributed by atoms with van der Waals surface area (Å²) in [6, 6.07) is 17.6. The van der Waals surface area contributed by atoms with E-state index in [2.05, 4.69) is 4.74 Å². The quantitative estimate of drug-likeness (QED) is 0.470. The molecule has 0 unspecified atom stereocenters. The molecule has 3 heteroatoms. The van der Waals surface area contributed by atoms with Crippen LogP contribution in [-0.4, -0.2) is 13.1 Å². The van der Waals surface area contributed by atoms with E-state index in [1.807, 2.05) is 54.6 Å². The van der Waals surface area contributed by atoms with Gasteiger partial charge in [0.15, 0.2) is 0 Å². The summed E-state index contributed by atoms with van der Waals surface area (Å²) >= 11 is 0. The third-order valence-electron chi connectivity index (χ3n) is 1.86. The summed E-state index contributed by atoms with van der Waals surface area (Å²) in [5, 5.41) is 0. The van der Waals surface area contributed by atoms with Crippen molar-refractivity contribution in [2.75, 3.05) is 7.11 Å². The van der Waals surface area contributed by atoms with Crippen LogP contribution in [0.15, 0.2) is 54.6 Å². The van der Waals surface area contributed by atoms with Gasteiger partial charge < -0.3 is 35.1 Å². The minimum Gasteiger partial charge on any atom is -0.748 e. The zero-order valence-corrected chi connectivity index (χ0v) is 10.2. The van der Waals surface area contributed by atoms with Crippen LogP contribution in [0.1, 0.15) is 5.56 Å². The molecule has 0 aliphatic carbocycles. The molecule has 0 aliphatic heterocycles. The number of hydrogen-bond donors (Lipinski definition) is 0. The molecule has 92 valence electrons. The Balaban J connectivity index is 0.000000318. The van der Waals surface area contributed by atoms with Gasteiger partial charge in [-0.3, -0.25) is 4.79 Å². The topological polar surface area (TPSA) is 26.3 Å². The Morgan fingerprint density at radius 1 is 1.12 bits per heavy atom. The first-order valence-corrected chi connectivity index (χ1v) is 4.77. The summed E-state index contributed by atoms with van der Waals surface area (Å²) in [6.45, 7) is 0. The number of rotatable bonds is 2. The maximum atomic E-state index is 10.7. The number of hydrogen-bond acceptors (Lipinski definition) is 2. The van der Waals surface area contributed by atoms with Crippen LogP contribution in [0, 0.1) is 0 Å². The van der Waals surface area contributed by atoms with Crippen molar-refractivity contribution in [3.05, 3.63) is 60.2 Å². The van der Waals surface area contributed by atoms with Crippen LogP contribution in [0.2, 0.25) is 0 Å². The van der Waals surface area contributed by atoms with Gasteiger partial charge in [-0.1, -0.05) is 0 Å². The second kappa shape index (κ2) is 8.95. The van der Waals surface area contributed by atoms with Crippen molar-refractivity contribution in [1.29, 1.82) is 0 Å². The predicted molar refractivity (Wildman–Crippen MR) is 59.8 cm³/mol. The van der Waals surface area contributed by atoms with Crippen molar-refractivity contribution in [3.8, 4) is 0 Å². The van der Waals surface area contributed by atoms with Crippen LogP contribution in [-0.2, 0) is 33.0 Å². The van der Waals surface area contributed by atoms with Crippen molar-refractivity contribution < 1.29 is 26.6 Å². The molecule has 0 atom stereocenters. The fourth-order valence-electron chi connectivity index (χ4n) is 1.09. The SMILES string of the molecule is COC(=O)C[c-]1cccc1.[Fe].[cH-]1[cH-][cH-][cH-][cH-]1. The normalized spacial score (nSPS) is 8.31. The Labute approximate surface area is 106 Å². The van der Waals surface area contributed by atoms with Crippen LogP contribution in [0.3, 0.4) is 0 Å². The Bertz CT molecular complexity index is 332. The number of carbonyl (C=O) groups excluding carboxylic acids is 1. The minimum absolute atomic E-state index is 0. The van der Waals surface area contributed by atoms with Crippen molar-refractivity contribution in [2.24, 2.45) is 0 Å². The Morgan fingerprint density at radius 3 is 1.94 bits per heavy atom. The predicted octanol–water partition coefficient (Wildman–Crippen LogP) is 2.52. The molecule has 0 fully saturated rings. The Morgan fingerprint density at radius 2 is 1.56 bits per heavy atom. The first kappa shape index (κ1) is 14.7. The molecule has 2 aromatic carbocycles. The molecule has 0 amide bonds. The first-order valence-electron chi connectivity index (χ1n) is 4.77. The van der Waals surface area contributed by atoms with E-state index in [0.717, 1.165) is 5.56 Å². The maximum Gasteiger partial charge on any atom is 0.298 e. The molecule has 2 nitrogen and oxygen atoms in total. The summed E-state index contributed by atoms with van der Waals surface area (Å²) in [5.41, 5.74) is 1.01. The zero-order chi connectivity index (χ0) is 10.9. The molecule has 0 N–H and O–H groups in total. The molecule has 0 bridgehead atoms. The fourth-order valence-corrected chi connectivity index (χ4v) is 1.09. The van der Waals surface area contributed by atoms with Crippen LogP contribution in [0.25, 0.3) is 0 Å². The molecular weight excluding hydrogens is 244 g/mol. The van der Waals surface area contributed by atoms with E-state index in [1.54, 1.807) is 0 Å². The van der Waals surface area contributed by atoms with Gasteiger partial charge in [-0.2, -0.15) is 12.1 Å². The van der Waals surface area contributed by atoms with Gasteiger partial charge in [0.1, 0.15) is 0 Å². The molecular formula is C13H14FeO2-6. The minimum atomic E-state index is -0.189. The number of ether oxygens (including phenoxy) is 1. The summed E-state index contributed by atoms with van der Waals surface area (Å²) in [4.78, 5) is 10.7. The molecule has 2 rings (SSSR count). The van der Waals surface area contributed by atoms with Gasteiger partial charge in [0, 0.05) is 23.5 Å². The third-order valence-corrected chi connectivity index (χ3v) is 1.86. The molecule has 0 aromatic heterocycles. The van der Waals surface area contributed by atoms with Crippen molar-refractivity contribution in [2.45, 2.75) is 6.42 Å². The van der Waals surface area contributed by atoms with Gasteiger partial charge in [0.05, 0.1) is 7.11 Å². The molecule has 0 spiro atoms. The van der Waals surface area contributed by atoms with E-state index >= 15 is 0 Å². The van der Waals surface area contributed by atoms with E-state index in [0.29, 0.717) is 6.42 Å². The molecule has 16 heavy (non-hydrogen) atoms. The number of carbonyl (C=O) groups is 1. The second-order valence-electron chi connectivity index (χ2n) is 3.01. The molecule has 2 aromatic rings. The van der Waals surface area contributed by atoms with E-state index < -0.39 is 0 Å². The van der Waals surface area contributed by atoms with E-state index in [4.69, 9.17) is 0 Å². The van der Waals surface area contributed by atoms with Gasteiger partial charge in [0.25, 0.3) is 5.97 Å². The van der Waals surface area contributed by atoms with Gasteiger partial charge in [-0.15, -0.1) is 5.56 Å². The Hall–Kier alpha value is -1.31. The van der Waals surface area contributed by atoms with Gasteiger partial charge in [-0.25, -0.2) is 12.1 Å². The molecule has 0 radical (unpaired) electrons. The fraction of sp³-hybridized carbons (Fsp3) is 0.154. The van der Waals surface area contributed by atoms with Gasteiger partial charge in [0.2, 0.25) is 0 Å². The van der Waals surface area contributed by atoms with Crippen LogP contribution >= 0.6 is 0 Å². The standard InChI is InChI=1S/C8H9O2.C5H5.Fe/c1-10-8(9)6-7-4-2-3-5-7;1-2-4-5-3-1;/h2-5H,6H2,1H3;1-5H;/q-1;-5;. The van der Waals surface area contributed by atoms with E-state index in [9.17, 15) is 4.79 Å². The van der Waals surface area contributed by atoms with E-state index in [-0.39, 0.29) is 23.0 Å². The summed E-state index contributed by atoms with van der Waals surface area (Å²) < 4.78 is 4.48. The van der Waals surface area contributed by atoms with Crippen molar-refractivity contribution >= 4 is 5.97 Å². The Kier molecular flexibility index (Phi) is 8.22. The number of methoxy groups -OCH3 is 1. The summed E-state index contributed by atoms with van der Waals surface area (Å²) in [6.07, 6.45) is 0.378. The van der Waals surface area contributed by atoms with Crippen LogP contribution in [0.4, 0.5) is 0 Å². The molecule has 0 heterocycles. The van der Waals surface area contributed by atoms with Crippen molar-refractivity contribution in [3.63, 3.8) is 0 Å². The zero-order valence-electron chi connectivity index (χ0n) is 9.07. The number of esters is 1. The average Bonchev–Trinajstić information content (AvgIpc) is 2.92. The van der Waals surface area contributed by atoms with E-state index in [1.165, 1.54) is 7.11 Å². The van der Waals surface area contributed by atoms with Crippen molar-refractivity contribution in [1.82, 2.24) is 0 Å². The van der Waals surface area contributed by atoms with Gasteiger partial charge in [-0.05, 0) is 0 Å². The summed E-state index contributed by atoms with van der Waals surface area (Å²) in [7, 11) is 1.39. The average molecular weight is 258 g/mol. The van der Waals surface area contributed by atoms with Gasteiger partial charge >= 0.3 is 0 Å². The maximum absolute atomic E-state index is 10.7. The van der Waals surface area contributed by atoms with Crippen LogP contribution in [0.5, 0.6) is 0 Å². The summed E-state index contributed by atoms with van der Waals surface area (Å²) in [5.74, 6) is -0.189. The monoisotopic (exact) mass is 258 g/mol. The second-order valence-corrected chi connectivity index (χ2v) is 3.01. The molecule has 0 saturated carbocycles. The third kappa shape index (κ3) is 6.23. The van der Waals surface area contributed by atoms with Crippen LogP contribution < -0.4 is 0 Å².